The van der Waals surface area contributed by atoms with Gasteiger partial charge in [0, 0.05) is 12.1 Å². The van der Waals surface area contributed by atoms with E-state index in [-0.39, 0.29) is 11.9 Å². The Morgan fingerprint density at radius 3 is 2.21 bits per heavy atom. The second-order valence-corrected chi connectivity index (χ2v) is 4.58. The highest BCUT2D eigenvalue weighted by atomic mass is 16.2. The summed E-state index contributed by atoms with van der Waals surface area (Å²) < 4.78 is 0. The first-order valence-electron chi connectivity index (χ1n) is 5.59. The molecule has 0 radical (unpaired) electrons. The molecule has 82 valence electrons. The Labute approximate surface area is 86.9 Å². The van der Waals surface area contributed by atoms with Gasteiger partial charge in [-0.15, -0.1) is 0 Å². The zero-order valence-corrected chi connectivity index (χ0v) is 9.71. The third-order valence-corrected chi connectivity index (χ3v) is 2.73. The normalized spacial score (nSPS) is 22.0. The SMILES string of the molecule is CC(C)N(C(=O)[C@H]1CCCN1)C(C)C. The molecule has 0 aromatic carbocycles. The first-order valence-corrected chi connectivity index (χ1v) is 5.59. The smallest absolute Gasteiger partial charge is 0.240 e. The second-order valence-electron chi connectivity index (χ2n) is 4.58. The molecule has 0 bridgehead atoms. The molecular weight excluding hydrogens is 176 g/mol. The lowest BCUT2D eigenvalue weighted by atomic mass is 10.1. The summed E-state index contributed by atoms with van der Waals surface area (Å²) in [6.45, 7) is 9.29. The van der Waals surface area contributed by atoms with Crippen molar-refractivity contribution in [2.24, 2.45) is 0 Å². The van der Waals surface area contributed by atoms with Gasteiger partial charge in [-0.25, -0.2) is 0 Å². The first kappa shape index (κ1) is 11.5. The summed E-state index contributed by atoms with van der Waals surface area (Å²) in [7, 11) is 0. The van der Waals surface area contributed by atoms with Gasteiger partial charge in [-0.1, -0.05) is 0 Å². The zero-order valence-electron chi connectivity index (χ0n) is 9.71. The zero-order chi connectivity index (χ0) is 10.7. The van der Waals surface area contributed by atoms with E-state index in [1.54, 1.807) is 0 Å². The lowest BCUT2D eigenvalue weighted by Gasteiger charge is -2.33. The van der Waals surface area contributed by atoms with Crippen LogP contribution in [0.2, 0.25) is 0 Å². The van der Waals surface area contributed by atoms with E-state index in [2.05, 4.69) is 33.0 Å². The fraction of sp³-hybridized carbons (Fsp3) is 0.909. The Hall–Kier alpha value is -0.570. The van der Waals surface area contributed by atoms with E-state index in [0.717, 1.165) is 19.4 Å². The summed E-state index contributed by atoms with van der Waals surface area (Å²) in [4.78, 5) is 14.1. The molecular formula is C11H22N2O. The Morgan fingerprint density at radius 1 is 1.29 bits per heavy atom. The van der Waals surface area contributed by atoms with Crippen LogP contribution in [0.1, 0.15) is 40.5 Å². The van der Waals surface area contributed by atoms with Gasteiger partial charge in [-0.2, -0.15) is 0 Å². The van der Waals surface area contributed by atoms with Gasteiger partial charge in [0.1, 0.15) is 0 Å². The number of amides is 1. The molecule has 1 heterocycles. The van der Waals surface area contributed by atoms with E-state index in [1.165, 1.54) is 0 Å². The number of carbonyl (C=O) groups is 1. The van der Waals surface area contributed by atoms with Gasteiger partial charge < -0.3 is 10.2 Å². The molecule has 1 saturated heterocycles. The van der Waals surface area contributed by atoms with E-state index in [1.807, 2.05) is 4.90 Å². The number of nitrogens with one attached hydrogen (secondary N) is 1. The summed E-state index contributed by atoms with van der Waals surface area (Å²) in [5, 5.41) is 3.26. The monoisotopic (exact) mass is 198 g/mol. The highest BCUT2D eigenvalue weighted by molar-refractivity contribution is 5.82. The fourth-order valence-electron chi connectivity index (χ4n) is 2.18. The van der Waals surface area contributed by atoms with Crippen LogP contribution in [-0.2, 0) is 4.79 Å². The fourth-order valence-corrected chi connectivity index (χ4v) is 2.18. The molecule has 14 heavy (non-hydrogen) atoms. The third kappa shape index (κ3) is 2.47. The van der Waals surface area contributed by atoms with Crippen molar-refractivity contribution < 1.29 is 4.79 Å². The molecule has 0 aromatic heterocycles. The minimum Gasteiger partial charge on any atom is -0.336 e. The van der Waals surface area contributed by atoms with Crippen molar-refractivity contribution in [1.29, 1.82) is 0 Å². The summed E-state index contributed by atoms with van der Waals surface area (Å²) in [6.07, 6.45) is 2.12. The topological polar surface area (TPSA) is 32.3 Å². The lowest BCUT2D eigenvalue weighted by molar-refractivity contribution is -0.136. The minimum atomic E-state index is 0.0693. The van der Waals surface area contributed by atoms with E-state index >= 15 is 0 Å². The first-order chi connectivity index (χ1) is 6.54. The predicted molar refractivity (Wildman–Crippen MR) is 58.1 cm³/mol. The Balaban J connectivity index is 2.62. The number of nitrogens with zero attached hydrogens (tertiary/aromatic N) is 1. The molecule has 0 saturated carbocycles. The summed E-state index contributed by atoms with van der Waals surface area (Å²) in [5.74, 6) is 0.271. The molecule has 1 amide bonds. The molecule has 1 rings (SSSR count). The number of carbonyl (C=O) groups excluding carboxylic acids is 1. The minimum absolute atomic E-state index is 0.0693. The van der Waals surface area contributed by atoms with Crippen molar-refractivity contribution in [3.8, 4) is 0 Å². The second kappa shape index (κ2) is 4.78. The van der Waals surface area contributed by atoms with Crippen molar-refractivity contribution in [1.82, 2.24) is 10.2 Å². The average Bonchev–Trinajstić information content (AvgIpc) is 2.53. The largest absolute Gasteiger partial charge is 0.336 e. The maximum absolute atomic E-state index is 12.1. The molecule has 1 aliphatic rings. The molecule has 0 spiro atoms. The summed E-state index contributed by atoms with van der Waals surface area (Å²) in [5.41, 5.74) is 0. The van der Waals surface area contributed by atoms with Crippen LogP contribution >= 0.6 is 0 Å². The van der Waals surface area contributed by atoms with Gasteiger partial charge in [-0.3, -0.25) is 4.79 Å². The maximum atomic E-state index is 12.1. The maximum Gasteiger partial charge on any atom is 0.240 e. The highest BCUT2D eigenvalue weighted by Gasteiger charge is 2.29. The van der Waals surface area contributed by atoms with Gasteiger partial charge in [0.05, 0.1) is 6.04 Å². The van der Waals surface area contributed by atoms with E-state index in [4.69, 9.17) is 0 Å². The van der Waals surface area contributed by atoms with Gasteiger partial charge >= 0.3 is 0 Å². The van der Waals surface area contributed by atoms with Crippen LogP contribution in [0, 0.1) is 0 Å². The Kier molecular flexibility index (Phi) is 3.93. The van der Waals surface area contributed by atoms with Crippen LogP contribution in [-0.4, -0.2) is 35.5 Å². The van der Waals surface area contributed by atoms with Crippen LogP contribution in [0.15, 0.2) is 0 Å². The summed E-state index contributed by atoms with van der Waals surface area (Å²) in [6, 6.07) is 0.662. The van der Waals surface area contributed by atoms with Gasteiger partial charge in [0.2, 0.25) is 5.91 Å². The van der Waals surface area contributed by atoms with Crippen molar-refractivity contribution >= 4 is 5.91 Å². The van der Waals surface area contributed by atoms with Crippen molar-refractivity contribution in [3.05, 3.63) is 0 Å². The molecule has 3 heteroatoms. The van der Waals surface area contributed by atoms with Crippen molar-refractivity contribution in [2.45, 2.75) is 58.7 Å². The Morgan fingerprint density at radius 2 is 1.86 bits per heavy atom. The molecule has 1 aliphatic heterocycles. The van der Waals surface area contributed by atoms with Crippen LogP contribution in [0.3, 0.4) is 0 Å². The van der Waals surface area contributed by atoms with Crippen LogP contribution in [0.4, 0.5) is 0 Å². The predicted octanol–water partition coefficient (Wildman–Crippen LogP) is 1.38. The van der Waals surface area contributed by atoms with Crippen LogP contribution in [0.25, 0.3) is 0 Å². The molecule has 3 nitrogen and oxygen atoms in total. The third-order valence-electron chi connectivity index (χ3n) is 2.73. The number of hydrogen-bond acceptors (Lipinski definition) is 2. The van der Waals surface area contributed by atoms with Crippen LogP contribution < -0.4 is 5.32 Å². The molecule has 0 unspecified atom stereocenters. The van der Waals surface area contributed by atoms with Crippen LogP contribution in [0.5, 0.6) is 0 Å². The highest BCUT2D eigenvalue weighted by Crippen LogP contribution is 2.13. The molecule has 0 aliphatic carbocycles. The molecule has 1 atom stereocenters. The van der Waals surface area contributed by atoms with E-state index < -0.39 is 0 Å². The number of hydrogen-bond donors (Lipinski definition) is 1. The van der Waals surface area contributed by atoms with Crippen molar-refractivity contribution in [2.75, 3.05) is 6.54 Å². The molecule has 1 N–H and O–H groups in total. The van der Waals surface area contributed by atoms with E-state index in [0.29, 0.717) is 12.1 Å². The van der Waals surface area contributed by atoms with Gasteiger partial charge in [-0.05, 0) is 47.1 Å². The number of rotatable bonds is 3. The molecule has 0 aromatic rings. The lowest BCUT2D eigenvalue weighted by Crippen LogP contribution is -2.49. The average molecular weight is 198 g/mol. The standard InChI is InChI=1S/C11H22N2O/c1-8(2)13(9(3)4)11(14)10-6-5-7-12-10/h8-10,12H,5-7H2,1-4H3/t10-/m1/s1. The van der Waals surface area contributed by atoms with E-state index in [9.17, 15) is 4.79 Å². The van der Waals surface area contributed by atoms with Gasteiger partial charge in [0.25, 0.3) is 0 Å². The van der Waals surface area contributed by atoms with Crippen molar-refractivity contribution in [3.63, 3.8) is 0 Å². The molecule has 1 fully saturated rings. The summed E-state index contributed by atoms with van der Waals surface area (Å²) >= 11 is 0. The van der Waals surface area contributed by atoms with Gasteiger partial charge in [0.15, 0.2) is 0 Å². The Bertz CT molecular complexity index is 187. The quantitative estimate of drug-likeness (QED) is 0.743.